The molecule has 1 N–H and O–H groups in total. The Hall–Kier alpha value is -4.16. The molecule has 2 unspecified atom stereocenters. The topological polar surface area (TPSA) is 37.5 Å². The van der Waals surface area contributed by atoms with Gasteiger partial charge >= 0.3 is 0 Å². The van der Waals surface area contributed by atoms with Crippen LogP contribution in [-0.2, 0) is 19.4 Å². The lowest BCUT2D eigenvalue weighted by atomic mass is 9.80. The second kappa shape index (κ2) is 9.54. The van der Waals surface area contributed by atoms with Crippen molar-refractivity contribution in [3.05, 3.63) is 130 Å². The number of hydrogen-bond donors (Lipinski definition) is 1. The summed E-state index contributed by atoms with van der Waals surface area (Å²) in [4.78, 5) is 6.07. The molecule has 0 saturated heterocycles. The molecule has 0 saturated carbocycles. The highest BCUT2D eigenvalue weighted by atomic mass is 19.1. The number of methoxy groups -OCH3 is 1. The molecule has 4 nitrogen and oxygen atoms in total. The normalized spacial score (nSPS) is 18.3. The second-order valence-corrected chi connectivity index (χ2v) is 10.3. The van der Waals surface area contributed by atoms with Crippen molar-refractivity contribution in [2.75, 3.05) is 13.7 Å². The lowest BCUT2D eigenvalue weighted by Crippen LogP contribution is -2.43. The Labute approximate surface area is 225 Å². The van der Waals surface area contributed by atoms with Gasteiger partial charge in [-0.3, -0.25) is 4.90 Å². The van der Waals surface area contributed by atoms with E-state index in [-0.39, 0.29) is 23.7 Å². The summed E-state index contributed by atoms with van der Waals surface area (Å²) in [6.07, 6.45) is 1.58. The summed E-state index contributed by atoms with van der Waals surface area (Å²) in [5, 5.41) is 0.901. The van der Waals surface area contributed by atoms with E-state index in [0.29, 0.717) is 12.4 Å². The van der Waals surface area contributed by atoms with Gasteiger partial charge in [0.05, 0.1) is 13.2 Å². The van der Waals surface area contributed by atoms with E-state index in [2.05, 4.69) is 22.0 Å². The summed E-state index contributed by atoms with van der Waals surface area (Å²) in [7, 11) is 1.67. The van der Waals surface area contributed by atoms with Gasteiger partial charge in [-0.15, -0.1) is 0 Å². The maximum absolute atomic E-state index is 14.4. The van der Waals surface area contributed by atoms with Crippen LogP contribution in [0.2, 0.25) is 0 Å². The smallest absolute Gasteiger partial charge is 0.162 e. The van der Waals surface area contributed by atoms with Crippen LogP contribution in [0.5, 0.6) is 11.5 Å². The standard InChI is InChI=1S/C33H28F2N2O2/c1-38-30-15-22-13-14-37-29(25(22)18-31(30)39-19-20-5-3-2-4-6-20)17-27-26-16-24(35)11-12-28(26)36-32(27)33(37)21-7-9-23(34)10-8-21/h2-12,15-16,18,29,33,36H,13-14,17,19H2,1H3. The Morgan fingerprint density at radius 1 is 0.897 bits per heavy atom. The predicted molar refractivity (Wildman–Crippen MR) is 147 cm³/mol. The van der Waals surface area contributed by atoms with Crippen LogP contribution >= 0.6 is 0 Å². The number of aromatic amines is 1. The monoisotopic (exact) mass is 522 g/mol. The molecule has 0 bridgehead atoms. The lowest BCUT2D eigenvalue weighted by Gasteiger charge is -2.46. The van der Waals surface area contributed by atoms with Crippen LogP contribution in [0.1, 0.15) is 45.6 Å². The number of nitrogens with one attached hydrogen (secondary N) is 1. The summed E-state index contributed by atoms with van der Waals surface area (Å²) in [5.41, 5.74) is 7.58. The zero-order valence-corrected chi connectivity index (χ0v) is 21.6. The number of hydrogen-bond acceptors (Lipinski definition) is 3. The SMILES string of the molecule is COc1cc2c(cc1OCc1ccccc1)C1Cc3c([nH]c4ccc(F)cc34)C(c3ccc(F)cc3)N1CC2. The highest BCUT2D eigenvalue weighted by Gasteiger charge is 2.41. The Balaban J connectivity index is 1.35. The van der Waals surface area contributed by atoms with Crippen molar-refractivity contribution >= 4 is 10.9 Å². The van der Waals surface area contributed by atoms with Crippen LogP contribution in [0.3, 0.4) is 0 Å². The molecule has 196 valence electrons. The maximum Gasteiger partial charge on any atom is 0.162 e. The van der Waals surface area contributed by atoms with Gasteiger partial charge in [-0.05, 0) is 83.1 Å². The highest BCUT2D eigenvalue weighted by Crippen LogP contribution is 2.49. The third kappa shape index (κ3) is 4.16. The van der Waals surface area contributed by atoms with Crippen molar-refractivity contribution in [1.82, 2.24) is 9.88 Å². The zero-order valence-electron chi connectivity index (χ0n) is 21.6. The van der Waals surface area contributed by atoms with Gasteiger partial charge in [0.1, 0.15) is 18.2 Å². The van der Waals surface area contributed by atoms with E-state index >= 15 is 0 Å². The summed E-state index contributed by atoms with van der Waals surface area (Å²) < 4.78 is 40.3. The molecule has 2 atom stereocenters. The van der Waals surface area contributed by atoms with Crippen LogP contribution in [0.4, 0.5) is 8.78 Å². The molecule has 6 heteroatoms. The molecule has 0 spiro atoms. The van der Waals surface area contributed by atoms with Crippen molar-refractivity contribution in [3.63, 3.8) is 0 Å². The van der Waals surface area contributed by atoms with Crippen LogP contribution < -0.4 is 9.47 Å². The van der Waals surface area contributed by atoms with Gasteiger partial charge in [0, 0.05) is 29.2 Å². The van der Waals surface area contributed by atoms with E-state index in [4.69, 9.17) is 9.47 Å². The third-order valence-electron chi connectivity index (χ3n) is 8.15. The Kier molecular flexibility index (Phi) is 5.85. The van der Waals surface area contributed by atoms with Crippen LogP contribution in [-0.4, -0.2) is 23.5 Å². The van der Waals surface area contributed by atoms with Crippen molar-refractivity contribution < 1.29 is 18.3 Å². The summed E-state index contributed by atoms with van der Waals surface area (Å²) in [6.45, 7) is 1.27. The van der Waals surface area contributed by atoms with Crippen molar-refractivity contribution in [2.45, 2.75) is 31.5 Å². The third-order valence-corrected chi connectivity index (χ3v) is 8.15. The molecule has 1 aromatic heterocycles. The molecule has 5 aromatic rings. The number of halogens is 2. The van der Waals surface area contributed by atoms with Crippen molar-refractivity contribution in [2.24, 2.45) is 0 Å². The molecule has 0 amide bonds. The second-order valence-electron chi connectivity index (χ2n) is 10.3. The van der Waals surface area contributed by atoms with Crippen LogP contribution in [0, 0.1) is 11.6 Å². The number of fused-ring (bicyclic) bond motifs is 6. The number of aromatic nitrogens is 1. The fraction of sp³-hybridized carbons (Fsp3) is 0.212. The molecule has 0 fully saturated rings. The first-order chi connectivity index (χ1) is 19.1. The van der Waals surface area contributed by atoms with E-state index in [0.717, 1.165) is 58.4 Å². The van der Waals surface area contributed by atoms with E-state index < -0.39 is 0 Å². The average molecular weight is 523 g/mol. The predicted octanol–water partition coefficient (Wildman–Crippen LogP) is 7.28. The number of rotatable bonds is 5. The van der Waals surface area contributed by atoms with E-state index in [9.17, 15) is 8.78 Å². The minimum Gasteiger partial charge on any atom is -0.493 e. The molecule has 39 heavy (non-hydrogen) atoms. The highest BCUT2D eigenvalue weighted by molar-refractivity contribution is 5.85. The zero-order chi connectivity index (χ0) is 26.5. The van der Waals surface area contributed by atoms with E-state index in [1.807, 2.05) is 42.5 Å². The van der Waals surface area contributed by atoms with Gasteiger partial charge in [0.15, 0.2) is 11.5 Å². The fourth-order valence-corrected chi connectivity index (χ4v) is 6.33. The number of nitrogens with zero attached hydrogens (tertiary/aromatic N) is 1. The van der Waals surface area contributed by atoms with Crippen molar-refractivity contribution in [1.29, 1.82) is 0 Å². The van der Waals surface area contributed by atoms with E-state index in [1.165, 1.54) is 29.3 Å². The fourth-order valence-electron chi connectivity index (χ4n) is 6.33. The summed E-state index contributed by atoms with van der Waals surface area (Å²) >= 11 is 0. The molecule has 0 radical (unpaired) electrons. The molecule has 4 aromatic carbocycles. The first kappa shape index (κ1) is 23.9. The molecule has 0 aliphatic carbocycles. The number of ether oxygens (including phenoxy) is 2. The van der Waals surface area contributed by atoms with Crippen LogP contribution in [0.15, 0.2) is 84.9 Å². The number of benzene rings is 4. The van der Waals surface area contributed by atoms with Gasteiger partial charge in [-0.2, -0.15) is 0 Å². The molecule has 3 heterocycles. The Morgan fingerprint density at radius 3 is 2.49 bits per heavy atom. The Bertz CT molecular complexity index is 1660. The van der Waals surface area contributed by atoms with Crippen molar-refractivity contribution in [3.8, 4) is 11.5 Å². The number of H-pyrrole nitrogens is 1. The summed E-state index contributed by atoms with van der Waals surface area (Å²) in [6, 6.07) is 25.9. The molecule has 2 aliphatic rings. The van der Waals surface area contributed by atoms with E-state index in [1.54, 1.807) is 19.2 Å². The lowest BCUT2D eigenvalue weighted by molar-refractivity contribution is 0.127. The maximum atomic E-state index is 14.4. The largest absolute Gasteiger partial charge is 0.493 e. The molecule has 7 rings (SSSR count). The quantitative estimate of drug-likeness (QED) is 0.264. The average Bonchev–Trinajstić information content (AvgIpc) is 3.32. The van der Waals surface area contributed by atoms with Gasteiger partial charge in [0.2, 0.25) is 0 Å². The Morgan fingerprint density at radius 2 is 1.69 bits per heavy atom. The van der Waals surface area contributed by atoms with Gasteiger partial charge in [0.25, 0.3) is 0 Å². The van der Waals surface area contributed by atoms with Gasteiger partial charge in [-0.1, -0.05) is 42.5 Å². The van der Waals surface area contributed by atoms with Gasteiger partial charge < -0.3 is 14.5 Å². The molecular formula is C33H28F2N2O2. The summed E-state index contributed by atoms with van der Waals surface area (Å²) in [5.74, 6) is 0.909. The van der Waals surface area contributed by atoms with Gasteiger partial charge in [-0.25, -0.2) is 8.78 Å². The first-order valence-corrected chi connectivity index (χ1v) is 13.3. The minimum absolute atomic E-state index is 0.0450. The molecule has 2 aliphatic heterocycles. The minimum atomic E-state index is -0.263. The molecular weight excluding hydrogens is 494 g/mol. The van der Waals surface area contributed by atoms with Crippen LogP contribution in [0.25, 0.3) is 10.9 Å². The first-order valence-electron chi connectivity index (χ1n) is 13.3.